The first-order valence-corrected chi connectivity index (χ1v) is 7.74. The van der Waals surface area contributed by atoms with E-state index in [1.807, 2.05) is 6.07 Å². The largest absolute Gasteiger partial charge is 0.465 e. The maximum absolute atomic E-state index is 14.3. The molecule has 1 aromatic heterocycles. The third-order valence-electron chi connectivity index (χ3n) is 3.58. The number of rotatable bonds is 5. The van der Waals surface area contributed by atoms with Crippen LogP contribution in [0.25, 0.3) is 11.3 Å². The molecule has 8 heteroatoms. The highest BCUT2D eigenvalue weighted by Crippen LogP contribution is 2.25. The molecule has 0 fully saturated rings. The van der Waals surface area contributed by atoms with Crippen LogP contribution >= 0.6 is 0 Å². The topological polar surface area (TPSA) is 113 Å². The molecule has 7 nitrogen and oxygen atoms in total. The van der Waals surface area contributed by atoms with Gasteiger partial charge < -0.3 is 21.5 Å². The van der Waals surface area contributed by atoms with Crippen LogP contribution in [0.2, 0.25) is 0 Å². The van der Waals surface area contributed by atoms with Gasteiger partial charge in [0, 0.05) is 17.8 Å². The maximum atomic E-state index is 14.3. The number of hydrogen-bond donors (Lipinski definition) is 4. The SMILES string of the molecule is Nc1nc(Nc2ccc(CNC(=O)O)cc2)nc(-c2ccccc2)c1F. The Morgan fingerprint density at radius 2 is 1.77 bits per heavy atom. The summed E-state index contributed by atoms with van der Waals surface area (Å²) in [5.41, 5.74) is 7.84. The average Bonchev–Trinajstić information content (AvgIpc) is 2.64. The highest BCUT2D eigenvalue weighted by atomic mass is 19.1. The van der Waals surface area contributed by atoms with Crippen molar-refractivity contribution in [3.63, 3.8) is 0 Å². The third kappa shape index (κ3) is 4.04. The fourth-order valence-electron chi connectivity index (χ4n) is 2.32. The zero-order valence-electron chi connectivity index (χ0n) is 13.6. The Morgan fingerprint density at radius 3 is 2.42 bits per heavy atom. The molecule has 3 rings (SSSR count). The lowest BCUT2D eigenvalue weighted by atomic mass is 10.1. The van der Waals surface area contributed by atoms with Gasteiger partial charge in [0.1, 0.15) is 5.69 Å². The van der Waals surface area contributed by atoms with Crippen molar-refractivity contribution in [3.8, 4) is 11.3 Å². The fraction of sp³-hybridized carbons (Fsp3) is 0.0556. The Bertz CT molecular complexity index is 917. The van der Waals surface area contributed by atoms with Crippen molar-refractivity contribution < 1.29 is 14.3 Å². The molecule has 0 saturated carbocycles. The Kier molecular flexibility index (Phi) is 4.93. The Balaban J connectivity index is 1.82. The number of nitrogens with zero attached hydrogens (tertiary/aromatic N) is 2. The van der Waals surface area contributed by atoms with E-state index in [9.17, 15) is 9.18 Å². The molecule has 1 amide bonds. The standard InChI is InChI=1S/C18H16FN5O2/c19-14-15(12-4-2-1-3-5-12)23-17(24-16(14)20)22-13-8-6-11(7-9-13)10-21-18(25)26/h1-9,21H,10H2,(H,25,26)(H3,20,22,23,24). The molecule has 0 aliphatic carbocycles. The summed E-state index contributed by atoms with van der Waals surface area (Å²) in [6, 6.07) is 15.8. The lowest BCUT2D eigenvalue weighted by molar-refractivity contribution is 0.194. The molecule has 1 heterocycles. The van der Waals surface area contributed by atoms with E-state index in [0.29, 0.717) is 11.3 Å². The van der Waals surface area contributed by atoms with Crippen molar-refractivity contribution in [1.82, 2.24) is 15.3 Å². The van der Waals surface area contributed by atoms with E-state index in [1.54, 1.807) is 48.5 Å². The highest BCUT2D eigenvalue weighted by molar-refractivity contribution is 5.66. The Morgan fingerprint density at radius 1 is 1.08 bits per heavy atom. The van der Waals surface area contributed by atoms with Crippen molar-refractivity contribution in [2.75, 3.05) is 11.1 Å². The Hall–Kier alpha value is -3.68. The van der Waals surface area contributed by atoms with Crippen molar-refractivity contribution in [2.24, 2.45) is 0 Å². The van der Waals surface area contributed by atoms with Crippen molar-refractivity contribution in [3.05, 3.63) is 66.0 Å². The van der Waals surface area contributed by atoms with E-state index < -0.39 is 11.9 Å². The molecule has 26 heavy (non-hydrogen) atoms. The zero-order chi connectivity index (χ0) is 18.5. The van der Waals surface area contributed by atoms with Crippen LogP contribution in [0, 0.1) is 5.82 Å². The minimum Gasteiger partial charge on any atom is -0.465 e. The second-order valence-corrected chi connectivity index (χ2v) is 5.44. The van der Waals surface area contributed by atoms with Gasteiger partial charge in [-0.15, -0.1) is 0 Å². The first kappa shape index (κ1) is 17.2. The van der Waals surface area contributed by atoms with Crippen LogP contribution in [-0.4, -0.2) is 21.2 Å². The fourth-order valence-corrected chi connectivity index (χ4v) is 2.32. The zero-order valence-corrected chi connectivity index (χ0v) is 13.6. The molecule has 0 aliphatic heterocycles. The number of benzene rings is 2. The number of anilines is 3. The minimum atomic E-state index is -1.09. The van der Waals surface area contributed by atoms with E-state index >= 15 is 0 Å². The first-order chi connectivity index (χ1) is 12.5. The predicted octanol–water partition coefficient (Wildman–Crippen LogP) is 3.38. The molecule has 2 aromatic carbocycles. The summed E-state index contributed by atoms with van der Waals surface area (Å²) in [4.78, 5) is 18.6. The summed E-state index contributed by atoms with van der Waals surface area (Å²) < 4.78 is 14.3. The minimum absolute atomic E-state index is 0.114. The lowest BCUT2D eigenvalue weighted by Gasteiger charge is -2.10. The van der Waals surface area contributed by atoms with Crippen LogP contribution in [0.5, 0.6) is 0 Å². The van der Waals surface area contributed by atoms with Crippen LogP contribution in [-0.2, 0) is 6.54 Å². The smallest absolute Gasteiger partial charge is 0.404 e. The number of nitrogen functional groups attached to an aromatic ring is 1. The van der Waals surface area contributed by atoms with E-state index in [1.165, 1.54) is 0 Å². The molecular formula is C18H16FN5O2. The number of nitrogens with one attached hydrogen (secondary N) is 2. The molecule has 0 saturated heterocycles. The molecule has 0 aliphatic rings. The van der Waals surface area contributed by atoms with Crippen molar-refractivity contribution in [1.29, 1.82) is 0 Å². The van der Waals surface area contributed by atoms with Gasteiger partial charge in [-0.05, 0) is 17.7 Å². The van der Waals surface area contributed by atoms with Gasteiger partial charge in [-0.2, -0.15) is 4.98 Å². The molecule has 0 unspecified atom stereocenters. The molecule has 132 valence electrons. The molecule has 3 aromatic rings. The van der Waals surface area contributed by atoms with E-state index in [0.717, 1.165) is 5.56 Å². The second-order valence-electron chi connectivity index (χ2n) is 5.44. The molecule has 5 N–H and O–H groups in total. The van der Waals surface area contributed by atoms with E-state index in [2.05, 4.69) is 20.6 Å². The Labute approximate surface area is 148 Å². The van der Waals surface area contributed by atoms with Gasteiger partial charge in [0.05, 0.1) is 0 Å². The molecule has 0 bridgehead atoms. The number of aromatic nitrogens is 2. The first-order valence-electron chi connectivity index (χ1n) is 7.74. The summed E-state index contributed by atoms with van der Waals surface area (Å²) in [5, 5.41) is 13.9. The monoisotopic (exact) mass is 353 g/mol. The summed E-state index contributed by atoms with van der Waals surface area (Å²) in [5.74, 6) is -0.750. The van der Waals surface area contributed by atoms with Gasteiger partial charge in [0.15, 0.2) is 11.6 Å². The van der Waals surface area contributed by atoms with Gasteiger partial charge in [-0.1, -0.05) is 42.5 Å². The normalized spacial score (nSPS) is 10.3. The van der Waals surface area contributed by atoms with Crippen LogP contribution < -0.4 is 16.4 Å². The number of amides is 1. The quantitative estimate of drug-likeness (QED) is 0.559. The van der Waals surface area contributed by atoms with Gasteiger partial charge in [0.25, 0.3) is 0 Å². The summed E-state index contributed by atoms with van der Waals surface area (Å²) in [7, 11) is 0. The van der Waals surface area contributed by atoms with Crippen molar-refractivity contribution in [2.45, 2.75) is 6.54 Å². The van der Waals surface area contributed by atoms with Crippen LogP contribution in [0.3, 0.4) is 0 Å². The van der Waals surface area contributed by atoms with Gasteiger partial charge in [-0.3, -0.25) is 0 Å². The second kappa shape index (κ2) is 7.47. The number of nitrogens with two attached hydrogens (primary N) is 1. The maximum Gasteiger partial charge on any atom is 0.404 e. The summed E-state index contributed by atoms with van der Waals surface area (Å²) >= 11 is 0. The number of halogens is 1. The van der Waals surface area contributed by atoms with Gasteiger partial charge >= 0.3 is 6.09 Å². The molecule has 0 atom stereocenters. The summed E-state index contributed by atoms with van der Waals surface area (Å²) in [6.07, 6.45) is -1.09. The van der Waals surface area contributed by atoms with Gasteiger partial charge in [0.2, 0.25) is 5.95 Å². The summed E-state index contributed by atoms with van der Waals surface area (Å²) in [6.45, 7) is 0.202. The van der Waals surface area contributed by atoms with E-state index in [4.69, 9.17) is 10.8 Å². The van der Waals surface area contributed by atoms with Crippen LogP contribution in [0.4, 0.5) is 26.6 Å². The number of carboxylic acid groups (broad SMARTS) is 1. The van der Waals surface area contributed by atoms with Gasteiger partial charge in [-0.25, -0.2) is 14.2 Å². The third-order valence-corrected chi connectivity index (χ3v) is 3.58. The van der Waals surface area contributed by atoms with E-state index in [-0.39, 0.29) is 24.0 Å². The lowest BCUT2D eigenvalue weighted by Crippen LogP contribution is -2.19. The predicted molar refractivity (Wildman–Crippen MR) is 96.4 cm³/mol. The van der Waals surface area contributed by atoms with Crippen molar-refractivity contribution >= 4 is 23.5 Å². The number of carbonyl (C=O) groups is 1. The highest BCUT2D eigenvalue weighted by Gasteiger charge is 2.14. The van der Waals surface area contributed by atoms with Crippen LogP contribution in [0.15, 0.2) is 54.6 Å². The molecular weight excluding hydrogens is 337 g/mol. The molecule has 0 spiro atoms. The molecule has 0 radical (unpaired) electrons. The average molecular weight is 353 g/mol. The van der Waals surface area contributed by atoms with Crippen LogP contribution in [0.1, 0.15) is 5.56 Å². The number of hydrogen-bond acceptors (Lipinski definition) is 5.